The van der Waals surface area contributed by atoms with Crippen molar-refractivity contribution in [2.75, 3.05) is 52.5 Å². The monoisotopic (exact) mass is 380 g/mol. The minimum absolute atomic E-state index is 0.323. The first-order valence-corrected chi connectivity index (χ1v) is 11.3. The summed E-state index contributed by atoms with van der Waals surface area (Å²) in [5, 5.41) is 3.50. The van der Waals surface area contributed by atoms with Crippen LogP contribution in [0.4, 0.5) is 0 Å². The molecule has 3 aliphatic heterocycles. The van der Waals surface area contributed by atoms with Gasteiger partial charge >= 0.3 is 0 Å². The van der Waals surface area contributed by atoms with Gasteiger partial charge in [0.05, 0.1) is 25.4 Å². The first-order chi connectivity index (χ1) is 13.3. The molecule has 0 spiro atoms. The van der Waals surface area contributed by atoms with Crippen molar-refractivity contribution in [3.05, 3.63) is 0 Å². The molecule has 3 aliphatic rings. The maximum atomic E-state index is 6.16. The van der Waals surface area contributed by atoms with Crippen LogP contribution >= 0.6 is 0 Å². The zero-order valence-electron chi connectivity index (χ0n) is 17.5. The van der Waals surface area contributed by atoms with Gasteiger partial charge in [-0.05, 0) is 65.0 Å². The van der Waals surface area contributed by atoms with Gasteiger partial charge in [0.1, 0.15) is 0 Å². The van der Waals surface area contributed by atoms with Gasteiger partial charge in [-0.1, -0.05) is 6.92 Å². The fourth-order valence-corrected chi connectivity index (χ4v) is 4.55. The molecule has 0 aromatic heterocycles. The summed E-state index contributed by atoms with van der Waals surface area (Å²) in [6, 6.07) is 0.625. The molecule has 3 heterocycles. The fourth-order valence-electron chi connectivity index (χ4n) is 4.55. The molecular formula is C21H40N4O2. The number of likely N-dealkylation sites (tertiary alicyclic amines) is 2. The Labute approximate surface area is 165 Å². The van der Waals surface area contributed by atoms with Crippen molar-refractivity contribution in [1.29, 1.82) is 0 Å². The van der Waals surface area contributed by atoms with Crippen LogP contribution in [0.5, 0.6) is 0 Å². The lowest BCUT2D eigenvalue weighted by atomic mass is 10.1. The van der Waals surface area contributed by atoms with E-state index in [-0.39, 0.29) is 0 Å². The average molecular weight is 381 g/mol. The van der Waals surface area contributed by atoms with Crippen molar-refractivity contribution in [3.8, 4) is 0 Å². The zero-order chi connectivity index (χ0) is 18.9. The van der Waals surface area contributed by atoms with E-state index in [4.69, 9.17) is 14.5 Å². The Balaban J connectivity index is 1.42. The molecule has 6 nitrogen and oxygen atoms in total. The lowest BCUT2D eigenvalue weighted by molar-refractivity contribution is -0.0721. The van der Waals surface area contributed by atoms with Gasteiger partial charge in [-0.15, -0.1) is 0 Å². The number of guanidine groups is 1. The first-order valence-electron chi connectivity index (χ1n) is 11.3. The van der Waals surface area contributed by atoms with Crippen LogP contribution in [0.15, 0.2) is 4.99 Å². The van der Waals surface area contributed by atoms with Gasteiger partial charge in [-0.2, -0.15) is 0 Å². The van der Waals surface area contributed by atoms with Crippen LogP contribution in [-0.2, 0) is 9.47 Å². The van der Waals surface area contributed by atoms with Gasteiger partial charge in [0.25, 0.3) is 0 Å². The van der Waals surface area contributed by atoms with E-state index in [2.05, 4.69) is 29.0 Å². The summed E-state index contributed by atoms with van der Waals surface area (Å²) in [6.07, 6.45) is 9.12. The molecule has 156 valence electrons. The molecule has 1 N–H and O–H groups in total. The molecule has 0 aliphatic carbocycles. The lowest BCUT2D eigenvalue weighted by Gasteiger charge is -2.35. The number of rotatable bonds is 7. The van der Waals surface area contributed by atoms with Crippen LogP contribution in [0.1, 0.15) is 58.8 Å². The molecule has 0 saturated carbocycles. The van der Waals surface area contributed by atoms with E-state index < -0.39 is 0 Å². The summed E-state index contributed by atoms with van der Waals surface area (Å²) >= 11 is 0. The van der Waals surface area contributed by atoms with Crippen LogP contribution in [0.2, 0.25) is 0 Å². The predicted molar refractivity (Wildman–Crippen MR) is 110 cm³/mol. The number of ether oxygens (including phenoxy) is 2. The van der Waals surface area contributed by atoms with Gasteiger partial charge in [0.15, 0.2) is 5.96 Å². The van der Waals surface area contributed by atoms with Gasteiger partial charge in [-0.3, -0.25) is 9.89 Å². The summed E-state index contributed by atoms with van der Waals surface area (Å²) < 4.78 is 12.0. The van der Waals surface area contributed by atoms with E-state index in [0.717, 1.165) is 71.2 Å². The van der Waals surface area contributed by atoms with Crippen molar-refractivity contribution in [1.82, 2.24) is 15.1 Å². The number of hydrogen-bond donors (Lipinski definition) is 1. The van der Waals surface area contributed by atoms with E-state index in [1.54, 1.807) is 0 Å². The Morgan fingerprint density at radius 2 is 1.93 bits per heavy atom. The molecule has 2 unspecified atom stereocenters. The Kier molecular flexibility index (Phi) is 8.68. The summed E-state index contributed by atoms with van der Waals surface area (Å²) in [7, 11) is 0. The second-order valence-corrected chi connectivity index (χ2v) is 8.13. The molecular weight excluding hydrogens is 340 g/mol. The van der Waals surface area contributed by atoms with Crippen molar-refractivity contribution >= 4 is 5.96 Å². The Morgan fingerprint density at radius 1 is 1.07 bits per heavy atom. The first kappa shape index (κ1) is 20.9. The zero-order valence-corrected chi connectivity index (χ0v) is 17.5. The SMILES string of the molecule is CCNC(=NCC1CCCN1CC)N1CCC(OCC2CCCCO2)CC1. The Bertz CT molecular complexity index is 445. The van der Waals surface area contributed by atoms with E-state index in [9.17, 15) is 0 Å². The molecule has 0 radical (unpaired) electrons. The average Bonchev–Trinajstić information content (AvgIpc) is 3.18. The van der Waals surface area contributed by atoms with Crippen LogP contribution in [0.3, 0.4) is 0 Å². The standard InChI is InChI=1S/C21H40N4O2/c1-3-22-21(23-16-18-8-7-12-24(18)4-2)25-13-10-19(11-14-25)27-17-20-9-5-6-15-26-20/h18-20H,3-17H2,1-2H3,(H,22,23). The molecule has 3 fully saturated rings. The van der Waals surface area contributed by atoms with Crippen LogP contribution < -0.4 is 5.32 Å². The number of nitrogens with one attached hydrogen (secondary N) is 1. The number of likely N-dealkylation sites (N-methyl/N-ethyl adjacent to an activating group) is 1. The predicted octanol–water partition coefficient (Wildman–Crippen LogP) is 2.49. The number of hydrogen-bond acceptors (Lipinski definition) is 4. The van der Waals surface area contributed by atoms with Crippen LogP contribution in [0, 0.1) is 0 Å². The van der Waals surface area contributed by atoms with E-state index >= 15 is 0 Å². The number of nitrogens with zero attached hydrogens (tertiary/aromatic N) is 3. The van der Waals surface area contributed by atoms with E-state index in [1.807, 2.05) is 0 Å². The molecule has 3 rings (SSSR count). The van der Waals surface area contributed by atoms with E-state index in [0.29, 0.717) is 18.2 Å². The Morgan fingerprint density at radius 3 is 2.63 bits per heavy atom. The topological polar surface area (TPSA) is 49.3 Å². The fraction of sp³-hybridized carbons (Fsp3) is 0.952. The molecule has 6 heteroatoms. The van der Waals surface area contributed by atoms with Gasteiger partial charge in [0.2, 0.25) is 0 Å². The van der Waals surface area contributed by atoms with E-state index in [1.165, 1.54) is 32.2 Å². The molecule has 0 aromatic carbocycles. The molecule has 0 amide bonds. The van der Waals surface area contributed by atoms with Crippen molar-refractivity contribution in [2.24, 2.45) is 4.99 Å². The highest BCUT2D eigenvalue weighted by atomic mass is 16.5. The Hall–Kier alpha value is -0.850. The maximum absolute atomic E-state index is 6.16. The third kappa shape index (κ3) is 6.33. The summed E-state index contributed by atoms with van der Waals surface area (Å²) in [4.78, 5) is 9.98. The third-order valence-corrected chi connectivity index (χ3v) is 6.23. The van der Waals surface area contributed by atoms with Gasteiger partial charge in [0, 0.05) is 32.3 Å². The summed E-state index contributed by atoms with van der Waals surface area (Å²) in [5.74, 6) is 1.09. The smallest absolute Gasteiger partial charge is 0.193 e. The van der Waals surface area contributed by atoms with Gasteiger partial charge in [-0.25, -0.2) is 0 Å². The maximum Gasteiger partial charge on any atom is 0.193 e. The molecule has 27 heavy (non-hydrogen) atoms. The molecule has 0 bridgehead atoms. The normalized spacial score (nSPS) is 28.7. The summed E-state index contributed by atoms with van der Waals surface area (Å²) in [6.45, 7) is 12.4. The second-order valence-electron chi connectivity index (χ2n) is 8.13. The van der Waals surface area contributed by atoms with Crippen LogP contribution in [0.25, 0.3) is 0 Å². The number of aliphatic imine (C=N–C) groups is 1. The van der Waals surface area contributed by atoms with Crippen LogP contribution in [-0.4, -0.2) is 86.5 Å². The lowest BCUT2D eigenvalue weighted by Crippen LogP contribution is -2.47. The largest absolute Gasteiger partial charge is 0.376 e. The number of piperidine rings is 1. The highest BCUT2D eigenvalue weighted by Gasteiger charge is 2.25. The van der Waals surface area contributed by atoms with Crippen molar-refractivity contribution in [3.63, 3.8) is 0 Å². The van der Waals surface area contributed by atoms with Crippen molar-refractivity contribution < 1.29 is 9.47 Å². The second kappa shape index (κ2) is 11.2. The highest BCUT2D eigenvalue weighted by molar-refractivity contribution is 5.80. The summed E-state index contributed by atoms with van der Waals surface area (Å²) in [5.41, 5.74) is 0. The minimum atomic E-state index is 0.323. The quantitative estimate of drug-likeness (QED) is 0.543. The molecule has 2 atom stereocenters. The minimum Gasteiger partial charge on any atom is -0.376 e. The molecule has 3 saturated heterocycles. The van der Waals surface area contributed by atoms with Gasteiger partial charge < -0.3 is 19.7 Å². The van der Waals surface area contributed by atoms with Crippen molar-refractivity contribution in [2.45, 2.75) is 77.0 Å². The third-order valence-electron chi connectivity index (χ3n) is 6.23. The highest BCUT2D eigenvalue weighted by Crippen LogP contribution is 2.19. The molecule has 0 aromatic rings.